The maximum atomic E-state index is 13.4. The number of rotatable bonds is 9. The van der Waals surface area contributed by atoms with Crippen LogP contribution in [0.4, 0.5) is 18.0 Å². The summed E-state index contributed by atoms with van der Waals surface area (Å²) < 4.78 is 71.8. The smallest absolute Gasteiger partial charge is 0.416 e. The van der Waals surface area contributed by atoms with Crippen LogP contribution >= 0.6 is 0 Å². The molecule has 1 heterocycles. The SMILES string of the molecule is CNC(=O)OC(C)(C)C[C@H](CC(C)C)C(=O)N[C@@H]1CC[C@H]2CN(S(=O)(=O)c3ccc(C(F)(F)F)cc3)C[C@H]21. The lowest BCUT2D eigenvalue weighted by molar-refractivity contribution is -0.137. The fourth-order valence-corrected chi connectivity index (χ4v) is 7.19. The average Bonchev–Trinajstić information content (AvgIpc) is 3.39. The molecule has 0 unspecified atom stereocenters. The molecule has 1 saturated carbocycles. The molecule has 4 atom stereocenters. The Bertz CT molecular complexity index is 1110. The highest BCUT2D eigenvalue weighted by atomic mass is 32.2. The van der Waals surface area contributed by atoms with Crippen molar-refractivity contribution in [3.63, 3.8) is 0 Å². The van der Waals surface area contributed by atoms with Gasteiger partial charge in [0.05, 0.1) is 10.5 Å². The minimum absolute atomic E-state index is 0.0566. The Balaban J connectivity index is 1.68. The molecule has 12 heteroatoms. The van der Waals surface area contributed by atoms with E-state index in [1.54, 1.807) is 13.8 Å². The second-order valence-electron chi connectivity index (χ2n) is 11.4. The number of nitrogens with one attached hydrogen (secondary N) is 2. The molecule has 2 aliphatic rings. The molecule has 0 bridgehead atoms. The molecule has 8 nitrogen and oxygen atoms in total. The fraction of sp³-hybridized carbons (Fsp3) is 0.692. The van der Waals surface area contributed by atoms with Crippen LogP contribution in [0.5, 0.6) is 0 Å². The van der Waals surface area contributed by atoms with Crippen LogP contribution in [0, 0.1) is 23.7 Å². The third-order valence-electron chi connectivity index (χ3n) is 7.41. The van der Waals surface area contributed by atoms with Gasteiger partial charge in [-0.15, -0.1) is 0 Å². The van der Waals surface area contributed by atoms with Crippen molar-refractivity contribution in [2.45, 2.75) is 76.1 Å². The fourth-order valence-electron chi connectivity index (χ4n) is 5.65. The van der Waals surface area contributed by atoms with Crippen LogP contribution in [-0.4, -0.2) is 56.5 Å². The van der Waals surface area contributed by atoms with Gasteiger partial charge in [-0.25, -0.2) is 13.2 Å². The third kappa shape index (κ3) is 7.19. The first-order chi connectivity index (χ1) is 17.5. The van der Waals surface area contributed by atoms with Gasteiger partial charge in [0, 0.05) is 32.1 Å². The number of sulfonamides is 1. The summed E-state index contributed by atoms with van der Waals surface area (Å²) in [6.45, 7) is 8.01. The van der Waals surface area contributed by atoms with Crippen LogP contribution in [0.15, 0.2) is 29.2 Å². The van der Waals surface area contributed by atoms with Gasteiger partial charge in [-0.3, -0.25) is 4.79 Å². The molecular formula is C26H38F3N3O5S. The number of benzene rings is 1. The molecule has 1 aliphatic heterocycles. The van der Waals surface area contributed by atoms with E-state index in [0.29, 0.717) is 12.8 Å². The van der Waals surface area contributed by atoms with E-state index in [4.69, 9.17) is 4.74 Å². The van der Waals surface area contributed by atoms with Crippen LogP contribution in [0.2, 0.25) is 0 Å². The van der Waals surface area contributed by atoms with Gasteiger partial charge in [-0.1, -0.05) is 13.8 Å². The van der Waals surface area contributed by atoms with E-state index in [9.17, 15) is 31.2 Å². The van der Waals surface area contributed by atoms with Crippen molar-refractivity contribution in [2.75, 3.05) is 20.1 Å². The van der Waals surface area contributed by atoms with Gasteiger partial charge in [-0.2, -0.15) is 17.5 Å². The minimum atomic E-state index is -4.55. The topological polar surface area (TPSA) is 105 Å². The van der Waals surface area contributed by atoms with E-state index < -0.39 is 39.4 Å². The number of fused-ring (bicyclic) bond motifs is 1. The number of alkyl carbamates (subject to hydrolysis) is 1. The van der Waals surface area contributed by atoms with Crippen molar-refractivity contribution >= 4 is 22.0 Å². The lowest BCUT2D eigenvalue weighted by atomic mass is 9.86. The van der Waals surface area contributed by atoms with Crippen LogP contribution in [0.3, 0.4) is 0 Å². The summed E-state index contributed by atoms with van der Waals surface area (Å²) in [4.78, 5) is 24.9. The highest BCUT2D eigenvalue weighted by Crippen LogP contribution is 2.41. The van der Waals surface area contributed by atoms with Gasteiger partial charge in [0.25, 0.3) is 0 Å². The first-order valence-electron chi connectivity index (χ1n) is 12.9. The highest BCUT2D eigenvalue weighted by Gasteiger charge is 2.47. The number of carbonyl (C=O) groups excluding carboxylic acids is 2. The maximum Gasteiger partial charge on any atom is 0.416 e. The molecule has 0 spiro atoms. The van der Waals surface area contributed by atoms with Gasteiger partial charge < -0.3 is 15.4 Å². The number of alkyl halides is 3. The van der Waals surface area contributed by atoms with Crippen molar-refractivity contribution in [1.29, 1.82) is 0 Å². The lowest BCUT2D eigenvalue weighted by Gasteiger charge is -2.31. The zero-order valence-electron chi connectivity index (χ0n) is 22.5. The Kier molecular flexibility index (Phi) is 9.07. The molecule has 2 N–H and O–H groups in total. The monoisotopic (exact) mass is 561 g/mol. The van der Waals surface area contributed by atoms with Gasteiger partial charge >= 0.3 is 12.3 Å². The number of halogens is 3. The van der Waals surface area contributed by atoms with E-state index in [-0.39, 0.29) is 47.7 Å². The molecule has 3 rings (SSSR count). The van der Waals surface area contributed by atoms with Gasteiger partial charge in [0.15, 0.2) is 0 Å². The van der Waals surface area contributed by atoms with Crippen LogP contribution in [0.1, 0.15) is 58.9 Å². The van der Waals surface area contributed by atoms with E-state index in [1.807, 2.05) is 13.8 Å². The summed E-state index contributed by atoms with van der Waals surface area (Å²) in [5.74, 6) is -0.350. The van der Waals surface area contributed by atoms with Crippen molar-refractivity contribution in [3.8, 4) is 0 Å². The van der Waals surface area contributed by atoms with E-state index >= 15 is 0 Å². The number of carbonyl (C=O) groups is 2. The zero-order valence-corrected chi connectivity index (χ0v) is 23.3. The molecule has 1 aromatic rings. The number of ether oxygens (including phenoxy) is 1. The van der Waals surface area contributed by atoms with Crippen molar-refractivity contribution in [1.82, 2.24) is 14.9 Å². The summed E-state index contributed by atoms with van der Waals surface area (Å²) in [6.07, 6.45) is -2.72. The normalized spacial score (nSPS) is 23.2. The van der Waals surface area contributed by atoms with Crippen LogP contribution in [0.25, 0.3) is 0 Å². The maximum absolute atomic E-state index is 13.4. The second-order valence-corrected chi connectivity index (χ2v) is 13.3. The van der Waals surface area contributed by atoms with E-state index in [0.717, 1.165) is 37.1 Å². The molecule has 38 heavy (non-hydrogen) atoms. The Hall–Kier alpha value is -2.34. The van der Waals surface area contributed by atoms with Crippen molar-refractivity contribution in [2.24, 2.45) is 23.7 Å². The molecule has 1 aromatic carbocycles. The molecule has 1 saturated heterocycles. The first kappa shape index (κ1) is 30.2. The summed E-state index contributed by atoms with van der Waals surface area (Å²) in [7, 11) is -2.50. The van der Waals surface area contributed by atoms with Gasteiger partial charge in [0.1, 0.15) is 5.60 Å². The summed E-state index contributed by atoms with van der Waals surface area (Å²) in [6, 6.07) is 3.32. The van der Waals surface area contributed by atoms with E-state index in [1.165, 1.54) is 11.4 Å². The average molecular weight is 562 g/mol. The van der Waals surface area contributed by atoms with Crippen LogP contribution < -0.4 is 10.6 Å². The number of amides is 2. The number of nitrogens with zero attached hydrogens (tertiary/aromatic N) is 1. The Morgan fingerprint density at radius 1 is 1.11 bits per heavy atom. The molecule has 0 aromatic heterocycles. The largest absolute Gasteiger partial charge is 0.444 e. The summed E-state index contributed by atoms with van der Waals surface area (Å²) in [5, 5.41) is 5.56. The molecule has 214 valence electrons. The molecule has 0 radical (unpaired) electrons. The van der Waals surface area contributed by atoms with Gasteiger partial charge in [-0.05, 0) is 81.5 Å². The van der Waals surface area contributed by atoms with E-state index in [2.05, 4.69) is 10.6 Å². The predicted octanol–water partition coefficient (Wildman–Crippen LogP) is 4.41. The van der Waals surface area contributed by atoms with Crippen LogP contribution in [-0.2, 0) is 25.7 Å². The molecule has 2 fully saturated rings. The lowest BCUT2D eigenvalue weighted by Crippen LogP contribution is -2.45. The van der Waals surface area contributed by atoms with Crippen molar-refractivity contribution in [3.05, 3.63) is 29.8 Å². The molecular weight excluding hydrogens is 523 g/mol. The summed E-state index contributed by atoms with van der Waals surface area (Å²) in [5.41, 5.74) is -1.77. The Morgan fingerprint density at radius 3 is 2.29 bits per heavy atom. The van der Waals surface area contributed by atoms with Gasteiger partial charge in [0.2, 0.25) is 15.9 Å². The minimum Gasteiger partial charge on any atom is -0.444 e. The summed E-state index contributed by atoms with van der Waals surface area (Å²) >= 11 is 0. The highest BCUT2D eigenvalue weighted by molar-refractivity contribution is 7.89. The quantitative estimate of drug-likeness (QED) is 0.465. The Morgan fingerprint density at radius 2 is 1.74 bits per heavy atom. The van der Waals surface area contributed by atoms with Crippen molar-refractivity contribution < 1.29 is 35.9 Å². The number of hydrogen-bond acceptors (Lipinski definition) is 5. The third-order valence-corrected chi connectivity index (χ3v) is 9.25. The second kappa shape index (κ2) is 11.4. The predicted molar refractivity (Wildman–Crippen MR) is 136 cm³/mol. The first-order valence-corrected chi connectivity index (χ1v) is 14.4. The molecule has 2 amide bonds. The standard InChI is InChI=1S/C26H38F3N3O5S/c1-16(2)12-18(13-25(3,4)37-24(34)30-5)23(33)31-22-11-6-17-14-32(15-21(17)22)38(35,36)20-9-7-19(8-10-20)26(27,28)29/h7-10,16-18,21-22H,6,11-15H2,1-5H3,(H,30,34)(H,31,33)/t17-,18-,21+,22+/m0/s1. The Labute approximate surface area is 222 Å². The zero-order chi connectivity index (χ0) is 28.5. The molecule has 1 aliphatic carbocycles. The number of hydrogen-bond donors (Lipinski definition) is 2.